The van der Waals surface area contributed by atoms with Crippen LogP contribution in [0.1, 0.15) is 35.2 Å². The molecule has 1 aromatic carbocycles. The van der Waals surface area contributed by atoms with Gasteiger partial charge in [0.15, 0.2) is 6.04 Å². The number of nitrogens with zero attached hydrogens (tertiary/aromatic N) is 3. The Morgan fingerprint density at radius 2 is 2.08 bits per heavy atom. The molecule has 1 aliphatic carbocycles. The summed E-state index contributed by atoms with van der Waals surface area (Å²) in [6.07, 6.45) is 4.99. The number of carbonyl (C=O) groups is 2. The van der Waals surface area contributed by atoms with Crippen molar-refractivity contribution in [1.82, 2.24) is 14.5 Å². The van der Waals surface area contributed by atoms with Crippen LogP contribution in [0.15, 0.2) is 36.8 Å². The molecule has 0 bridgehead atoms. The number of amides is 1. The maximum atomic E-state index is 12.9. The number of rotatable bonds is 3. The third-order valence-corrected chi connectivity index (χ3v) is 5.14. The van der Waals surface area contributed by atoms with Gasteiger partial charge in [-0.3, -0.25) is 4.79 Å². The van der Waals surface area contributed by atoms with Crippen LogP contribution in [0.3, 0.4) is 0 Å². The van der Waals surface area contributed by atoms with Gasteiger partial charge in [0.05, 0.1) is 6.33 Å². The molecular weight excluding hydrogens is 306 g/mol. The number of aliphatic carboxylic acids is 1. The molecule has 2 aromatic rings. The van der Waals surface area contributed by atoms with Crippen LogP contribution in [0.25, 0.3) is 0 Å². The number of carboxylic acids is 1. The molecule has 3 atom stereocenters. The van der Waals surface area contributed by atoms with Gasteiger partial charge >= 0.3 is 5.97 Å². The Labute approximate surface area is 139 Å². The van der Waals surface area contributed by atoms with Crippen molar-refractivity contribution in [2.75, 3.05) is 6.54 Å². The third kappa shape index (κ3) is 2.29. The van der Waals surface area contributed by atoms with Crippen LogP contribution in [0.2, 0.25) is 0 Å². The molecule has 0 saturated heterocycles. The van der Waals surface area contributed by atoms with Crippen molar-refractivity contribution in [2.24, 2.45) is 13.0 Å². The van der Waals surface area contributed by atoms with E-state index in [1.807, 2.05) is 35.9 Å². The summed E-state index contributed by atoms with van der Waals surface area (Å²) in [5.41, 5.74) is 2.80. The zero-order chi connectivity index (χ0) is 16.8. The van der Waals surface area contributed by atoms with Gasteiger partial charge in [0.25, 0.3) is 0 Å². The Kier molecular flexibility index (Phi) is 3.40. The molecule has 2 aliphatic rings. The monoisotopic (exact) mass is 325 g/mol. The predicted octanol–water partition coefficient (Wildman–Crippen LogP) is 1.73. The molecule has 0 unspecified atom stereocenters. The average molecular weight is 325 g/mol. The standard InChI is InChI=1S/C18H19N3O3/c1-20-10-19-9-15(20)13-8-14(13)17(22)21-7-6-11-4-2-3-5-12(11)16(21)18(23)24/h2-5,9-10,13-14,16H,6-8H2,1H3,(H,23,24)/t13-,14-,16+/m1/s1. The molecule has 1 N–H and O–H groups in total. The van der Waals surface area contributed by atoms with Gasteiger partial charge < -0.3 is 14.6 Å². The predicted molar refractivity (Wildman–Crippen MR) is 86.3 cm³/mol. The molecule has 0 radical (unpaired) electrons. The number of aryl methyl sites for hydroxylation is 1. The van der Waals surface area contributed by atoms with Gasteiger partial charge in [-0.25, -0.2) is 9.78 Å². The van der Waals surface area contributed by atoms with Gasteiger partial charge in [0, 0.05) is 37.3 Å². The van der Waals surface area contributed by atoms with Gasteiger partial charge in [-0.15, -0.1) is 0 Å². The van der Waals surface area contributed by atoms with Crippen LogP contribution in [0, 0.1) is 5.92 Å². The van der Waals surface area contributed by atoms with E-state index < -0.39 is 12.0 Å². The van der Waals surface area contributed by atoms with Gasteiger partial charge in [0.1, 0.15) is 0 Å². The fraction of sp³-hybridized carbons (Fsp3) is 0.389. The van der Waals surface area contributed by atoms with Crippen LogP contribution in [0.5, 0.6) is 0 Å². The number of fused-ring (bicyclic) bond motifs is 1. The molecule has 6 nitrogen and oxygen atoms in total. The maximum absolute atomic E-state index is 12.9. The molecule has 2 heterocycles. The molecule has 124 valence electrons. The smallest absolute Gasteiger partial charge is 0.331 e. The van der Waals surface area contributed by atoms with Crippen LogP contribution in [0.4, 0.5) is 0 Å². The van der Waals surface area contributed by atoms with E-state index in [1.165, 1.54) is 0 Å². The Bertz CT molecular complexity index is 813. The van der Waals surface area contributed by atoms with E-state index in [0.29, 0.717) is 13.0 Å². The molecule has 1 saturated carbocycles. The van der Waals surface area contributed by atoms with Crippen molar-refractivity contribution in [3.05, 3.63) is 53.6 Å². The van der Waals surface area contributed by atoms with Gasteiger partial charge in [0.2, 0.25) is 5.91 Å². The minimum absolute atomic E-state index is 0.0527. The van der Waals surface area contributed by atoms with Crippen molar-refractivity contribution < 1.29 is 14.7 Å². The van der Waals surface area contributed by atoms with Crippen LogP contribution >= 0.6 is 0 Å². The van der Waals surface area contributed by atoms with E-state index in [0.717, 1.165) is 23.2 Å². The summed E-state index contributed by atoms with van der Waals surface area (Å²) in [5, 5.41) is 9.69. The summed E-state index contributed by atoms with van der Waals surface area (Å²) in [6, 6.07) is 6.63. The second-order valence-corrected chi connectivity index (χ2v) is 6.60. The summed E-state index contributed by atoms with van der Waals surface area (Å²) in [6.45, 7) is 0.460. The van der Waals surface area contributed by atoms with Gasteiger partial charge in [-0.2, -0.15) is 0 Å². The first-order chi connectivity index (χ1) is 11.6. The van der Waals surface area contributed by atoms with Crippen LogP contribution in [-0.2, 0) is 23.1 Å². The highest BCUT2D eigenvalue weighted by Gasteiger charge is 2.49. The molecule has 1 aliphatic heterocycles. The van der Waals surface area contributed by atoms with Crippen molar-refractivity contribution >= 4 is 11.9 Å². The third-order valence-electron chi connectivity index (χ3n) is 5.14. The summed E-state index contributed by atoms with van der Waals surface area (Å²) in [7, 11) is 1.92. The van der Waals surface area contributed by atoms with Crippen molar-refractivity contribution in [1.29, 1.82) is 0 Å². The fourth-order valence-electron chi connectivity index (χ4n) is 3.80. The van der Waals surface area contributed by atoms with Gasteiger partial charge in [-0.1, -0.05) is 24.3 Å². The lowest BCUT2D eigenvalue weighted by atomic mass is 9.92. The first-order valence-corrected chi connectivity index (χ1v) is 8.15. The van der Waals surface area contributed by atoms with Crippen LogP contribution < -0.4 is 0 Å². The summed E-state index contributed by atoms with van der Waals surface area (Å²) in [4.78, 5) is 30.4. The maximum Gasteiger partial charge on any atom is 0.331 e. The van der Waals surface area contributed by atoms with E-state index in [1.54, 1.807) is 17.4 Å². The molecule has 1 fully saturated rings. The lowest BCUT2D eigenvalue weighted by Crippen LogP contribution is -2.44. The van der Waals surface area contributed by atoms with E-state index in [9.17, 15) is 14.7 Å². The van der Waals surface area contributed by atoms with E-state index in [4.69, 9.17) is 0 Å². The summed E-state index contributed by atoms with van der Waals surface area (Å²) in [5.74, 6) is -1.000. The topological polar surface area (TPSA) is 75.4 Å². The Morgan fingerprint density at radius 3 is 2.79 bits per heavy atom. The number of benzene rings is 1. The summed E-state index contributed by atoms with van der Waals surface area (Å²) < 4.78 is 1.93. The average Bonchev–Trinajstić information content (AvgIpc) is 3.26. The normalized spacial score (nSPS) is 25.2. The highest BCUT2D eigenvalue weighted by atomic mass is 16.4. The molecule has 24 heavy (non-hydrogen) atoms. The summed E-state index contributed by atoms with van der Waals surface area (Å²) >= 11 is 0. The number of carbonyl (C=O) groups excluding carboxylic acids is 1. The van der Waals surface area contributed by atoms with Crippen molar-refractivity contribution in [3.63, 3.8) is 0 Å². The van der Waals surface area contributed by atoms with E-state index in [2.05, 4.69) is 4.98 Å². The number of aromatic nitrogens is 2. The van der Waals surface area contributed by atoms with E-state index >= 15 is 0 Å². The molecule has 1 aromatic heterocycles. The van der Waals surface area contributed by atoms with Crippen LogP contribution in [-0.4, -0.2) is 38.0 Å². The highest BCUT2D eigenvalue weighted by molar-refractivity contribution is 5.89. The van der Waals surface area contributed by atoms with Crippen molar-refractivity contribution in [3.8, 4) is 0 Å². The second-order valence-electron chi connectivity index (χ2n) is 6.60. The quantitative estimate of drug-likeness (QED) is 0.932. The molecular formula is C18H19N3O3. The molecule has 4 rings (SSSR count). The minimum atomic E-state index is -0.965. The van der Waals surface area contributed by atoms with E-state index in [-0.39, 0.29) is 17.7 Å². The largest absolute Gasteiger partial charge is 0.479 e. The number of carboxylic acid groups (broad SMARTS) is 1. The fourth-order valence-corrected chi connectivity index (χ4v) is 3.80. The SMILES string of the molecule is Cn1cncc1[C@@H]1C[C@H]1C(=O)N1CCc2ccccc2[C@H]1C(=O)O. The zero-order valence-corrected chi connectivity index (χ0v) is 13.4. The number of hydrogen-bond donors (Lipinski definition) is 1. The molecule has 1 amide bonds. The molecule has 6 heteroatoms. The Morgan fingerprint density at radius 1 is 1.29 bits per heavy atom. The minimum Gasteiger partial charge on any atom is -0.479 e. The second kappa shape index (κ2) is 5.47. The first kappa shape index (κ1) is 14.9. The van der Waals surface area contributed by atoms with Crippen molar-refractivity contribution in [2.45, 2.75) is 24.8 Å². The molecule has 0 spiro atoms. The first-order valence-electron chi connectivity index (χ1n) is 8.15. The lowest BCUT2D eigenvalue weighted by molar-refractivity contribution is -0.151. The highest BCUT2D eigenvalue weighted by Crippen LogP contribution is 2.49. The lowest BCUT2D eigenvalue weighted by Gasteiger charge is -2.35. The Hall–Kier alpha value is -2.63. The van der Waals surface area contributed by atoms with Gasteiger partial charge in [-0.05, 0) is 24.0 Å². The zero-order valence-electron chi connectivity index (χ0n) is 13.4. The number of hydrogen-bond acceptors (Lipinski definition) is 3. The Balaban J connectivity index is 1.59. The number of imidazole rings is 1.